The molecule has 0 unspecified atom stereocenters. The normalized spacial score (nSPS) is 18.7. The number of aryl methyl sites for hydroxylation is 1. The maximum absolute atomic E-state index is 14.7. The van der Waals surface area contributed by atoms with E-state index in [9.17, 15) is 45.9 Å². The van der Waals surface area contributed by atoms with E-state index in [0.717, 1.165) is 100 Å². The number of aromatic amines is 4. The van der Waals surface area contributed by atoms with Crippen LogP contribution in [0.25, 0.3) is 67.3 Å². The van der Waals surface area contributed by atoms with Gasteiger partial charge < -0.3 is 24.1 Å². The van der Waals surface area contributed by atoms with Crippen molar-refractivity contribution in [1.82, 2.24) is 78.2 Å². The highest BCUT2D eigenvalue weighted by Crippen LogP contribution is 2.39. The van der Waals surface area contributed by atoms with Gasteiger partial charge >= 0.3 is 22.9 Å². The maximum atomic E-state index is 14.7. The van der Waals surface area contributed by atoms with Gasteiger partial charge in [0, 0.05) is 76.6 Å². The van der Waals surface area contributed by atoms with Crippen LogP contribution in [0, 0.1) is 48.0 Å². The van der Waals surface area contributed by atoms with Gasteiger partial charge in [-0.2, -0.15) is 0 Å². The first-order valence-electron chi connectivity index (χ1n) is 31.8. The van der Waals surface area contributed by atoms with Crippen LogP contribution in [0.5, 0.6) is 0 Å². The minimum atomic E-state index is -3.97. The van der Waals surface area contributed by atoms with E-state index >= 15 is 0 Å². The molecule has 12 aromatic rings. The zero-order chi connectivity index (χ0) is 68.5. The number of hydrogen-bond acceptors (Lipinski definition) is 18. The first kappa shape index (κ1) is 69.5. The van der Waals surface area contributed by atoms with Crippen LogP contribution in [0.4, 0.5) is 13.2 Å². The molecular formula is C67H66Cl3F3N16O9S. The Labute approximate surface area is 576 Å². The number of nitrogens with zero attached hydrogens (tertiary/aromatic N) is 12. The Kier molecular flexibility index (Phi) is 20.8. The summed E-state index contributed by atoms with van der Waals surface area (Å²) in [4.78, 5) is 95.5. The number of aliphatic hydroxyl groups is 1. The van der Waals surface area contributed by atoms with Crippen LogP contribution in [0.2, 0.25) is 15.1 Å². The first-order valence-corrected chi connectivity index (χ1v) is 34.3. The smallest absolute Gasteiger partial charge is 0.396 e. The summed E-state index contributed by atoms with van der Waals surface area (Å²) in [6.07, 6.45) is 23.8. The largest absolute Gasteiger partial charge is 0.440 e. The van der Waals surface area contributed by atoms with Crippen LogP contribution < -0.4 is 22.9 Å². The monoisotopic (exact) mass is 1430 g/mol. The highest BCUT2D eigenvalue weighted by molar-refractivity contribution is 7.90. The number of rotatable bonds is 14. The molecule has 3 aliphatic rings. The number of nitrogens with one attached hydrogen (secondary N) is 4. The molecule has 0 aliphatic heterocycles. The third-order valence-electron chi connectivity index (χ3n) is 18.3. The molecule has 0 amide bonds. The van der Waals surface area contributed by atoms with Crippen molar-refractivity contribution in [3.63, 3.8) is 0 Å². The van der Waals surface area contributed by atoms with Gasteiger partial charge in [0.25, 0.3) is 10.0 Å². The van der Waals surface area contributed by atoms with Crippen molar-refractivity contribution in [1.29, 1.82) is 0 Å². The molecule has 6 atom stereocenters. The Morgan fingerprint density at radius 1 is 0.545 bits per heavy atom. The Morgan fingerprint density at radius 2 is 0.960 bits per heavy atom. The molecule has 32 heteroatoms. The summed E-state index contributed by atoms with van der Waals surface area (Å²) in [5.41, 5.74) is 3.96. The van der Waals surface area contributed by atoms with Crippen molar-refractivity contribution in [3.05, 3.63) is 195 Å². The molecule has 516 valence electrons. The van der Waals surface area contributed by atoms with E-state index in [2.05, 4.69) is 64.8 Å². The standard InChI is InChI=1S/C26H26ClFN4O3S.2C20H18ClFN6O3.CH4/c1-16-5-7-20(8-6-16)36(34,35)32-14-22(21-11-19(27)12-30-26(21)32)25-29-13-23(28)24(31-25)10-17-3-2-4-18(9-17)15-33;2*21-11-6-13-14(8-24-17(13)23-7-11)18-25-9-15(22)16(26-18)5-10-2-1-3-12(4-10)28-19(29)27-20(30)31-28;/h5-8,11-14,17-18,33H,2-4,9-10,15H2,1H3;2*6-10,12H,1-5H2,(H,23,24)(H,27,29,30);1H4/t17-,18-;10-,12+;10-,12-;/m000./s1. The van der Waals surface area contributed by atoms with Gasteiger partial charge in [0.15, 0.2) is 40.6 Å². The average Bonchev–Trinajstić information content (AvgIpc) is 1.61. The quantitative estimate of drug-likeness (QED) is 0.0675. The molecule has 0 bridgehead atoms. The molecule has 3 fully saturated rings. The van der Waals surface area contributed by atoms with Crippen LogP contribution >= 0.6 is 34.8 Å². The van der Waals surface area contributed by atoms with Gasteiger partial charge in [0.05, 0.1) is 67.7 Å². The number of aromatic nitrogens is 16. The second-order valence-corrected chi connectivity index (χ2v) is 28.1. The Balaban J connectivity index is 0.000000141. The van der Waals surface area contributed by atoms with Crippen LogP contribution in [0.3, 0.4) is 0 Å². The fourth-order valence-corrected chi connectivity index (χ4v) is 15.4. The molecule has 3 saturated carbocycles. The lowest BCUT2D eigenvalue weighted by atomic mass is 9.79. The summed E-state index contributed by atoms with van der Waals surface area (Å²) in [5, 5.41) is 12.8. The van der Waals surface area contributed by atoms with Crippen molar-refractivity contribution in [2.75, 3.05) is 6.61 Å². The SMILES string of the molecule is C.Cc1ccc(S(=O)(=O)n2cc(-c3ncc(F)c(C[C@H]4CCC[C@H](CO)C4)n3)c3cc(Cl)cnc32)cc1.O=c1[nH]c(=O)n([C@@H]2CCC[C@H](Cc3nc(-c4c[nH]c5ncc(Cl)cc45)ncc3F)C2)o1.O=c1[nH]c(=O)n([C@H]2CCC[C@H](Cc3nc(-c4c[nH]c5ncc(Cl)cc45)ncc3F)C2)o1. The minimum Gasteiger partial charge on any atom is -0.396 e. The van der Waals surface area contributed by atoms with E-state index in [1.807, 2.05) is 6.92 Å². The van der Waals surface area contributed by atoms with Gasteiger partial charge in [-0.25, -0.2) is 99.6 Å². The van der Waals surface area contributed by atoms with Gasteiger partial charge in [-0.3, -0.25) is 0 Å². The van der Waals surface area contributed by atoms with Crippen LogP contribution in [0.1, 0.15) is 119 Å². The molecule has 0 spiro atoms. The molecule has 5 N–H and O–H groups in total. The zero-order valence-electron chi connectivity index (χ0n) is 52.3. The molecule has 11 heterocycles. The van der Waals surface area contributed by atoms with Gasteiger partial charge in [0.2, 0.25) is 0 Å². The molecule has 3 aliphatic carbocycles. The summed E-state index contributed by atoms with van der Waals surface area (Å²) in [7, 11) is -3.97. The van der Waals surface area contributed by atoms with Crippen molar-refractivity contribution in [2.45, 2.75) is 128 Å². The summed E-state index contributed by atoms with van der Waals surface area (Å²) in [6, 6.07) is 11.2. The molecule has 99 heavy (non-hydrogen) atoms. The van der Waals surface area contributed by atoms with Gasteiger partial charge in [-0.1, -0.05) is 85.6 Å². The van der Waals surface area contributed by atoms with Gasteiger partial charge in [-0.05, 0) is 132 Å². The van der Waals surface area contributed by atoms with Crippen LogP contribution in [0.15, 0.2) is 131 Å². The summed E-state index contributed by atoms with van der Waals surface area (Å²) in [5.74, 6) is -1.43. The van der Waals surface area contributed by atoms with E-state index in [4.69, 9.17) is 43.8 Å². The Morgan fingerprint density at radius 3 is 1.40 bits per heavy atom. The molecule has 0 radical (unpaired) electrons. The third kappa shape index (κ3) is 15.3. The summed E-state index contributed by atoms with van der Waals surface area (Å²) >= 11 is 18.3. The maximum Gasteiger partial charge on any atom is 0.440 e. The molecular weight excluding hydrogens is 1370 g/mol. The van der Waals surface area contributed by atoms with E-state index < -0.39 is 50.4 Å². The fraction of sp³-hybridized carbons (Fsp3) is 0.358. The second-order valence-electron chi connectivity index (χ2n) is 25.0. The topological polar surface area (TPSA) is 343 Å². The van der Waals surface area contributed by atoms with Gasteiger partial charge in [0.1, 0.15) is 11.3 Å². The second kappa shape index (κ2) is 29.6. The van der Waals surface area contributed by atoms with E-state index in [1.54, 1.807) is 67.3 Å². The third-order valence-corrected chi connectivity index (χ3v) is 20.6. The van der Waals surface area contributed by atoms with Crippen molar-refractivity contribution in [3.8, 4) is 34.2 Å². The first-order chi connectivity index (χ1) is 47.2. The Bertz CT molecular complexity index is 5090. The molecule has 11 aromatic heterocycles. The lowest BCUT2D eigenvalue weighted by Gasteiger charge is -2.28. The minimum absolute atomic E-state index is 0. The molecule has 0 saturated heterocycles. The van der Waals surface area contributed by atoms with E-state index in [-0.39, 0.29) is 71.8 Å². The fourth-order valence-electron chi connectivity index (χ4n) is 13.6. The van der Waals surface area contributed by atoms with Crippen molar-refractivity contribution >= 4 is 77.9 Å². The predicted octanol–water partition coefficient (Wildman–Crippen LogP) is 12.3. The number of hydrogen-bond donors (Lipinski definition) is 5. The Hall–Kier alpha value is -9.42. The lowest BCUT2D eigenvalue weighted by molar-refractivity contribution is 0.138. The highest BCUT2D eigenvalue weighted by Gasteiger charge is 2.32. The highest BCUT2D eigenvalue weighted by atomic mass is 35.5. The number of aliphatic hydroxyl groups excluding tert-OH is 1. The van der Waals surface area contributed by atoms with E-state index in [1.165, 1.54) is 24.8 Å². The number of fused-ring (bicyclic) bond motifs is 3. The average molecular weight is 1430 g/mol. The van der Waals surface area contributed by atoms with Crippen molar-refractivity contribution in [2.24, 2.45) is 23.7 Å². The van der Waals surface area contributed by atoms with Crippen LogP contribution in [-0.4, -0.2) is 98.4 Å². The number of halogens is 6. The number of H-pyrrole nitrogens is 4. The molecule has 1 aromatic carbocycles. The van der Waals surface area contributed by atoms with Crippen molar-refractivity contribution < 1.29 is 35.7 Å². The number of benzene rings is 1. The van der Waals surface area contributed by atoms with E-state index in [0.29, 0.717) is 104 Å². The zero-order valence-corrected chi connectivity index (χ0v) is 55.4. The molecule has 25 nitrogen and oxygen atoms in total. The van der Waals surface area contributed by atoms with Gasteiger partial charge in [-0.15, -0.1) is 9.48 Å². The molecule has 15 rings (SSSR count). The number of pyridine rings is 3. The predicted molar refractivity (Wildman–Crippen MR) is 363 cm³/mol. The lowest BCUT2D eigenvalue weighted by Crippen LogP contribution is -2.27. The van der Waals surface area contributed by atoms with Crippen LogP contribution in [-0.2, 0) is 29.3 Å². The summed E-state index contributed by atoms with van der Waals surface area (Å²) < 4.78 is 84.1. The summed E-state index contributed by atoms with van der Waals surface area (Å²) in [6.45, 7) is 2.01.